The van der Waals surface area contributed by atoms with Gasteiger partial charge in [-0.25, -0.2) is 9.97 Å². The van der Waals surface area contributed by atoms with Crippen LogP contribution in [0, 0.1) is 6.92 Å². The van der Waals surface area contributed by atoms with Gasteiger partial charge in [0.15, 0.2) is 4.73 Å². The van der Waals surface area contributed by atoms with E-state index in [0.29, 0.717) is 10.6 Å². The van der Waals surface area contributed by atoms with Crippen molar-refractivity contribution < 1.29 is 0 Å². The second-order valence-electron chi connectivity index (χ2n) is 1.71. The second-order valence-corrected chi connectivity index (χ2v) is 2.42. The van der Waals surface area contributed by atoms with Crippen LogP contribution in [0.15, 0.2) is 10.9 Å². The molecule has 9 heavy (non-hydrogen) atoms. The summed E-state index contributed by atoms with van der Waals surface area (Å²) in [6, 6.07) is 0. The summed E-state index contributed by atoms with van der Waals surface area (Å²) in [5.41, 5.74) is 6.34. The van der Waals surface area contributed by atoms with Crippen molar-refractivity contribution in [3.8, 4) is 0 Å². The van der Waals surface area contributed by atoms with E-state index >= 15 is 0 Å². The van der Waals surface area contributed by atoms with E-state index in [-0.39, 0.29) is 0 Å². The minimum Gasteiger partial charge on any atom is -0.383 e. The number of halogens is 1. The molecule has 0 amide bonds. The molecular formula is C5H6BrN3. The summed E-state index contributed by atoms with van der Waals surface area (Å²) in [7, 11) is 0. The first-order valence-electron chi connectivity index (χ1n) is 2.45. The highest BCUT2D eigenvalue weighted by molar-refractivity contribution is 9.10. The average molecular weight is 188 g/mol. The van der Waals surface area contributed by atoms with E-state index in [9.17, 15) is 0 Å². The molecule has 1 heterocycles. The Balaban J connectivity index is 3.17. The lowest BCUT2D eigenvalue weighted by atomic mass is 10.4. The van der Waals surface area contributed by atoms with Gasteiger partial charge in [0.1, 0.15) is 5.82 Å². The van der Waals surface area contributed by atoms with Crippen LogP contribution in [0.2, 0.25) is 0 Å². The molecule has 0 atom stereocenters. The van der Waals surface area contributed by atoms with Crippen molar-refractivity contribution in [2.75, 3.05) is 5.73 Å². The molecule has 2 N–H and O–H groups in total. The lowest BCUT2D eigenvalue weighted by Gasteiger charge is -1.95. The molecule has 0 aliphatic rings. The Morgan fingerprint density at radius 3 is 2.78 bits per heavy atom. The predicted octanol–water partition coefficient (Wildman–Crippen LogP) is 1.13. The summed E-state index contributed by atoms with van der Waals surface area (Å²) in [5.74, 6) is 0.525. The zero-order valence-corrected chi connectivity index (χ0v) is 6.51. The predicted molar refractivity (Wildman–Crippen MR) is 38.9 cm³/mol. The van der Waals surface area contributed by atoms with E-state index in [1.807, 2.05) is 6.92 Å². The smallest absolute Gasteiger partial charge is 0.198 e. The van der Waals surface area contributed by atoms with Gasteiger partial charge in [0, 0.05) is 11.8 Å². The Labute approximate surface area is 61.4 Å². The lowest BCUT2D eigenvalue weighted by molar-refractivity contribution is 1.09. The van der Waals surface area contributed by atoms with E-state index in [0.717, 1.165) is 5.56 Å². The zero-order chi connectivity index (χ0) is 6.85. The molecule has 1 aromatic rings. The van der Waals surface area contributed by atoms with Gasteiger partial charge < -0.3 is 5.73 Å². The molecule has 0 radical (unpaired) electrons. The molecule has 0 bridgehead atoms. The van der Waals surface area contributed by atoms with Crippen molar-refractivity contribution in [1.82, 2.24) is 9.97 Å². The Morgan fingerprint density at radius 1 is 1.67 bits per heavy atom. The average Bonchev–Trinajstić information content (AvgIpc) is 1.80. The molecule has 1 rings (SSSR count). The largest absolute Gasteiger partial charge is 0.383 e. The van der Waals surface area contributed by atoms with Gasteiger partial charge in [0.2, 0.25) is 0 Å². The van der Waals surface area contributed by atoms with Crippen LogP contribution in [0.25, 0.3) is 0 Å². The molecule has 3 nitrogen and oxygen atoms in total. The van der Waals surface area contributed by atoms with E-state index in [1.165, 1.54) is 0 Å². The molecule has 0 aromatic carbocycles. The first-order valence-corrected chi connectivity index (χ1v) is 3.24. The first-order chi connectivity index (χ1) is 4.20. The molecule has 0 spiro atoms. The van der Waals surface area contributed by atoms with Gasteiger partial charge in [-0.3, -0.25) is 0 Å². The monoisotopic (exact) mass is 187 g/mol. The van der Waals surface area contributed by atoms with Crippen molar-refractivity contribution in [1.29, 1.82) is 0 Å². The van der Waals surface area contributed by atoms with Crippen LogP contribution in [0.5, 0.6) is 0 Å². The van der Waals surface area contributed by atoms with Crippen LogP contribution >= 0.6 is 15.9 Å². The Bertz CT molecular complexity index is 223. The number of nitrogens with two attached hydrogens (primary N) is 1. The first kappa shape index (κ1) is 6.48. The van der Waals surface area contributed by atoms with Gasteiger partial charge in [0.05, 0.1) is 0 Å². The van der Waals surface area contributed by atoms with Crippen LogP contribution in [-0.2, 0) is 0 Å². The van der Waals surface area contributed by atoms with Gasteiger partial charge in [-0.1, -0.05) is 0 Å². The van der Waals surface area contributed by atoms with Crippen molar-refractivity contribution in [2.24, 2.45) is 0 Å². The quantitative estimate of drug-likeness (QED) is 0.620. The van der Waals surface area contributed by atoms with Gasteiger partial charge in [-0.2, -0.15) is 0 Å². The minimum absolute atomic E-state index is 0.525. The number of nitrogens with zero attached hydrogens (tertiary/aromatic N) is 2. The second kappa shape index (κ2) is 2.31. The van der Waals surface area contributed by atoms with Crippen molar-refractivity contribution >= 4 is 21.7 Å². The minimum atomic E-state index is 0.525. The van der Waals surface area contributed by atoms with E-state index in [1.54, 1.807) is 6.20 Å². The van der Waals surface area contributed by atoms with Crippen LogP contribution in [0.4, 0.5) is 5.82 Å². The summed E-state index contributed by atoms with van der Waals surface area (Å²) in [4.78, 5) is 7.72. The molecule has 4 heteroatoms. The SMILES string of the molecule is Cc1cnc(Br)nc1N. The standard InChI is InChI=1S/C5H6BrN3/c1-3-2-8-5(6)9-4(3)7/h2H,1H3,(H2,7,8,9). The maximum Gasteiger partial charge on any atom is 0.198 e. The maximum absolute atomic E-state index is 5.44. The molecular weight excluding hydrogens is 182 g/mol. The number of aryl methyl sites for hydroxylation is 1. The van der Waals surface area contributed by atoms with Crippen molar-refractivity contribution in [3.05, 3.63) is 16.5 Å². The van der Waals surface area contributed by atoms with Crippen LogP contribution < -0.4 is 5.73 Å². The van der Waals surface area contributed by atoms with Gasteiger partial charge in [0.25, 0.3) is 0 Å². The maximum atomic E-state index is 5.44. The summed E-state index contributed by atoms with van der Waals surface area (Å²) in [5, 5.41) is 0. The number of nitrogen functional groups attached to an aromatic ring is 1. The highest BCUT2D eigenvalue weighted by atomic mass is 79.9. The zero-order valence-electron chi connectivity index (χ0n) is 4.93. The Kier molecular flexibility index (Phi) is 1.66. The summed E-state index contributed by atoms with van der Waals surface area (Å²) in [6.07, 6.45) is 1.67. The Morgan fingerprint density at radius 2 is 2.33 bits per heavy atom. The highest BCUT2D eigenvalue weighted by Crippen LogP contribution is 2.07. The number of rotatable bonds is 0. The molecule has 0 saturated heterocycles. The number of aromatic nitrogens is 2. The summed E-state index contributed by atoms with van der Waals surface area (Å²) >= 11 is 3.09. The Hall–Kier alpha value is -0.640. The van der Waals surface area contributed by atoms with Gasteiger partial charge >= 0.3 is 0 Å². The molecule has 1 aromatic heterocycles. The molecule has 0 aliphatic carbocycles. The third kappa shape index (κ3) is 1.38. The third-order valence-corrected chi connectivity index (χ3v) is 1.36. The number of anilines is 1. The van der Waals surface area contributed by atoms with Crippen molar-refractivity contribution in [3.63, 3.8) is 0 Å². The van der Waals surface area contributed by atoms with Crippen molar-refractivity contribution in [2.45, 2.75) is 6.92 Å². The highest BCUT2D eigenvalue weighted by Gasteiger charge is 1.94. The summed E-state index contributed by atoms with van der Waals surface area (Å²) < 4.78 is 0.533. The van der Waals surface area contributed by atoms with Gasteiger partial charge in [-0.05, 0) is 22.9 Å². The number of hydrogen-bond acceptors (Lipinski definition) is 3. The fourth-order valence-electron chi connectivity index (χ4n) is 0.433. The molecule has 0 aliphatic heterocycles. The van der Waals surface area contributed by atoms with E-state index in [2.05, 4.69) is 25.9 Å². The topological polar surface area (TPSA) is 51.8 Å². The fraction of sp³-hybridized carbons (Fsp3) is 0.200. The molecule has 0 saturated carbocycles. The lowest BCUT2D eigenvalue weighted by Crippen LogP contribution is -1.95. The fourth-order valence-corrected chi connectivity index (χ4v) is 0.726. The van der Waals surface area contributed by atoms with Crippen LogP contribution in [-0.4, -0.2) is 9.97 Å². The van der Waals surface area contributed by atoms with Gasteiger partial charge in [-0.15, -0.1) is 0 Å². The molecule has 48 valence electrons. The third-order valence-electron chi connectivity index (χ3n) is 0.981. The van der Waals surface area contributed by atoms with Crippen LogP contribution in [0.1, 0.15) is 5.56 Å². The molecule has 0 fully saturated rings. The number of hydrogen-bond donors (Lipinski definition) is 1. The van der Waals surface area contributed by atoms with E-state index in [4.69, 9.17) is 5.73 Å². The van der Waals surface area contributed by atoms with Crippen LogP contribution in [0.3, 0.4) is 0 Å². The van der Waals surface area contributed by atoms with E-state index < -0.39 is 0 Å². The molecule has 0 unspecified atom stereocenters. The summed E-state index contributed by atoms with van der Waals surface area (Å²) in [6.45, 7) is 1.86. The normalized spacial score (nSPS) is 9.56.